The Kier molecular flexibility index (Phi) is 4.09. The minimum Gasteiger partial charge on any atom is -0.481 e. The molecule has 1 N–H and O–H groups in total. The highest BCUT2D eigenvalue weighted by atomic mass is 19.3. The van der Waals surface area contributed by atoms with E-state index in [1.807, 2.05) is 19.9 Å². The molecule has 0 heterocycles. The highest BCUT2D eigenvalue weighted by Crippen LogP contribution is 2.30. The number of rotatable bonds is 4. The molecule has 0 saturated heterocycles. The Morgan fingerprint density at radius 1 is 1.17 bits per heavy atom. The van der Waals surface area contributed by atoms with Crippen molar-refractivity contribution < 1.29 is 18.7 Å². The molecule has 0 saturated carbocycles. The molecule has 0 fully saturated rings. The first kappa shape index (κ1) is 14.6. The van der Waals surface area contributed by atoms with Crippen LogP contribution in [0.25, 0.3) is 0 Å². The zero-order valence-electron chi connectivity index (χ0n) is 11.1. The van der Waals surface area contributed by atoms with Crippen LogP contribution >= 0.6 is 0 Å². The van der Waals surface area contributed by atoms with Crippen molar-refractivity contribution in [2.45, 2.75) is 46.5 Å². The lowest BCUT2D eigenvalue weighted by atomic mass is 9.90. The van der Waals surface area contributed by atoms with Gasteiger partial charge in [-0.1, -0.05) is 6.07 Å². The third-order valence-electron chi connectivity index (χ3n) is 3.37. The monoisotopic (exact) mass is 256 g/mol. The van der Waals surface area contributed by atoms with E-state index in [0.29, 0.717) is 5.56 Å². The molecule has 1 aromatic rings. The van der Waals surface area contributed by atoms with Crippen LogP contribution in [0.4, 0.5) is 8.78 Å². The number of carbonyl (C=O) groups is 1. The van der Waals surface area contributed by atoms with Gasteiger partial charge < -0.3 is 5.11 Å². The fraction of sp³-hybridized carbons (Fsp3) is 0.500. The molecule has 0 unspecified atom stereocenters. The Hall–Kier alpha value is -1.45. The summed E-state index contributed by atoms with van der Waals surface area (Å²) in [6.07, 6.45) is -1.64. The van der Waals surface area contributed by atoms with Crippen LogP contribution in [0.1, 0.15) is 34.2 Å². The average Bonchev–Trinajstić information content (AvgIpc) is 2.20. The Labute approximate surface area is 106 Å². The second kappa shape index (κ2) is 5.04. The molecule has 0 amide bonds. The number of carboxylic acids is 1. The SMILES string of the molecule is Cc1cc(C)c(C)c(CC(F)(F)CC(=O)O)c1C. The van der Waals surface area contributed by atoms with Gasteiger partial charge in [-0.2, -0.15) is 0 Å². The first-order valence-corrected chi connectivity index (χ1v) is 5.80. The van der Waals surface area contributed by atoms with E-state index in [-0.39, 0.29) is 0 Å². The number of aryl methyl sites for hydroxylation is 2. The molecular formula is C14H18F2O2. The summed E-state index contributed by atoms with van der Waals surface area (Å²) in [5.74, 6) is -4.68. The van der Waals surface area contributed by atoms with Gasteiger partial charge in [0.15, 0.2) is 0 Å². The molecule has 0 aromatic heterocycles. The van der Waals surface area contributed by atoms with E-state index in [1.54, 1.807) is 13.8 Å². The van der Waals surface area contributed by atoms with Crippen molar-refractivity contribution in [1.82, 2.24) is 0 Å². The van der Waals surface area contributed by atoms with E-state index in [1.165, 1.54) is 0 Å². The van der Waals surface area contributed by atoms with Crippen molar-refractivity contribution in [3.63, 3.8) is 0 Å². The van der Waals surface area contributed by atoms with E-state index < -0.39 is 24.7 Å². The van der Waals surface area contributed by atoms with Gasteiger partial charge in [-0.3, -0.25) is 4.79 Å². The Bertz CT molecular complexity index is 453. The number of hydrogen-bond acceptors (Lipinski definition) is 1. The standard InChI is InChI=1S/C14H18F2O2/c1-8-5-9(2)11(4)12(10(8)3)6-14(15,16)7-13(17)18/h5H,6-7H2,1-4H3,(H,17,18). The maximum atomic E-state index is 13.6. The van der Waals surface area contributed by atoms with Gasteiger partial charge in [-0.15, -0.1) is 0 Å². The topological polar surface area (TPSA) is 37.3 Å². The highest BCUT2D eigenvalue weighted by molar-refractivity contribution is 5.68. The van der Waals surface area contributed by atoms with Gasteiger partial charge in [0.2, 0.25) is 0 Å². The first-order valence-electron chi connectivity index (χ1n) is 5.80. The molecule has 0 aliphatic rings. The highest BCUT2D eigenvalue weighted by Gasteiger charge is 2.33. The number of halogens is 2. The van der Waals surface area contributed by atoms with E-state index >= 15 is 0 Å². The summed E-state index contributed by atoms with van der Waals surface area (Å²) in [5.41, 5.74) is 4.13. The molecule has 0 atom stereocenters. The van der Waals surface area contributed by atoms with Gasteiger partial charge in [0.1, 0.15) is 6.42 Å². The maximum Gasteiger partial charge on any atom is 0.309 e. The van der Waals surface area contributed by atoms with Crippen LogP contribution in [0.5, 0.6) is 0 Å². The normalized spacial score (nSPS) is 11.7. The summed E-state index contributed by atoms with van der Waals surface area (Å²) in [6, 6.07) is 1.96. The minimum absolute atomic E-state index is 0.514. The Morgan fingerprint density at radius 2 is 1.61 bits per heavy atom. The summed E-state index contributed by atoms with van der Waals surface area (Å²) in [7, 11) is 0. The summed E-state index contributed by atoms with van der Waals surface area (Å²) in [6.45, 7) is 7.35. The molecule has 0 aliphatic heterocycles. The van der Waals surface area contributed by atoms with Gasteiger partial charge in [-0.25, -0.2) is 8.78 Å². The van der Waals surface area contributed by atoms with Gasteiger partial charge in [0.25, 0.3) is 5.92 Å². The summed E-state index contributed by atoms with van der Waals surface area (Å²) in [5, 5.41) is 8.49. The second-order valence-electron chi connectivity index (χ2n) is 4.84. The van der Waals surface area contributed by atoms with Crippen LogP contribution in [0.2, 0.25) is 0 Å². The summed E-state index contributed by atoms with van der Waals surface area (Å²) < 4.78 is 27.2. The largest absolute Gasteiger partial charge is 0.481 e. The number of hydrogen-bond donors (Lipinski definition) is 1. The molecule has 18 heavy (non-hydrogen) atoms. The number of carboxylic acid groups (broad SMARTS) is 1. The van der Waals surface area contributed by atoms with Crippen molar-refractivity contribution in [3.05, 3.63) is 33.9 Å². The molecule has 0 aliphatic carbocycles. The Balaban J connectivity index is 3.15. The zero-order chi connectivity index (χ0) is 14.1. The minimum atomic E-state index is -3.21. The summed E-state index contributed by atoms with van der Waals surface area (Å²) in [4.78, 5) is 10.4. The van der Waals surface area contributed by atoms with Gasteiger partial charge >= 0.3 is 5.97 Å². The maximum absolute atomic E-state index is 13.6. The fourth-order valence-electron chi connectivity index (χ4n) is 2.11. The predicted molar refractivity (Wildman–Crippen MR) is 66.3 cm³/mol. The predicted octanol–water partition coefficient (Wildman–Crippen LogP) is 3.57. The van der Waals surface area contributed by atoms with Crippen LogP contribution in [0, 0.1) is 27.7 Å². The molecule has 1 rings (SSSR count). The zero-order valence-corrected chi connectivity index (χ0v) is 11.1. The van der Waals surface area contributed by atoms with Crippen molar-refractivity contribution in [2.75, 3.05) is 0 Å². The van der Waals surface area contributed by atoms with Crippen molar-refractivity contribution in [3.8, 4) is 0 Å². The lowest BCUT2D eigenvalue weighted by molar-refractivity contribution is -0.144. The molecule has 0 bridgehead atoms. The van der Waals surface area contributed by atoms with Gasteiger partial charge in [0.05, 0.1) is 0 Å². The third kappa shape index (κ3) is 3.28. The Morgan fingerprint density at radius 3 is 2.00 bits per heavy atom. The third-order valence-corrected chi connectivity index (χ3v) is 3.37. The average molecular weight is 256 g/mol. The first-order chi connectivity index (χ1) is 8.14. The van der Waals surface area contributed by atoms with E-state index in [0.717, 1.165) is 22.3 Å². The quantitative estimate of drug-likeness (QED) is 0.894. The fourth-order valence-corrected chi connectivity index (χ4v) is 2.11. The van der Waals surface area contributed by atoms with Crippen molar-refractivity contribution in [1.29, 1.82) is 0 Å². The molecule has 4 heteroatoms. The number of alkyl halides is 2. The lowest BCUT2D eigenvalue weighted by Gasteiger charge is -2.20. The van der Waals surface area contributed by atoms with Gasteiger partial charge in [-0.05, 0) is 55.5 Å². The van der Waals surface area contributed by atoms with Crippen molar-refractivity contribution >= 4 is 5.97 Å². The number of benzene rings is 1. The molecule has 0 radical (unpaired) electrons. The van der Waals surface area contributed by atoms with E-state index in [4.69, 9.17) is 5.11 Å². The van der Waals surface area contributed by atoms with Gasteiger partial charge in [0, 0.05) is 6.42 Å². The molecule has 1 aromatic carbocycles. The molecular weight excluding hydrogens is 238 g/mol. The van der Waals surface area contributed by atoms with E-state index in [9.17, 15) is 13.6 Å². The van der Waals surface area contributed by atoms with Crippen LogP contribution in [-0.2, 0) is 11.2 Å². The summed E-state index contributed by atoms with van der Waals surface area (Å²) >= 11 is 0. The molecule has 2 nitrogen and oxygen atoms in total. The van der Waals surface area contributed by atoms with E-state index in [2.05, 4.69) is 0 Å². The van der Waals surface area contributed by atoms with Crippen molar-refractivity contribution in [2.24, 2.45) is 0 Å². The lowest BCUT2D eigenvalue weighted by Crippen LogP contribution is -2.25. The molecule has 0 spiro atoms. The number of aliphatic carboxylic acids is 1. The van der Waals surface area contributed by atoms with Crippen LogP contribution in [-0.4, -0.2) is 17.0 Å². The van der Waals surface area contributed by atoms with Crippen LogP contribution < -0.4 is 0 Å². The smallest absolute Gasteiger partial charge is 0.309 e. The van der Waals surface area contributed by atoms with Crippen LogP contribution in [0.3, 0.4) is 0 Å². The van der Waals surface area contributed by atoms with Crippen LogP contribution in [0.15, 0.2) is 6.07 Å². The molecule has 100 valence electrons. The second-order valence-corrected chi connectivity index (χ2v) is 4.84.